The van der Waals surface area contributed by atoms with Crippen LogP contribution in [-0.2, 0) is 0 Å². The predicted octanol–water partition coefficient (Wildman–Crippen LogP) is 5.88. The number of benzene rings is 1. The molecule has 0 unspecified atom stereocenters. The van der Waals surface area contributed by atoms with Crippen molar-refractivity contribution in [2.75, 3.05) is 5.32 Å². The van der Waals surface area contributed by atoms with Crippen LogP contribution in [0.5, 0.6) is 0 Å². The van der Waals surface area contributed by atoms with Gasteiger partial charge in [0.2, 0.25) is 0 Å². The highest BCUT2D eigenvalue weighted by Crippen LogP contribution is 2.37. The van der Waals surface area contributed by atoms with E-state index in [1.165, 1.54) is 12.8 Å². The summed E-state index contributed by atoms with van der Waals surface area (Å²) in [5, 5.41) is 8.42. The molecule has 22 heavy (non-hydrogen) atoms. The summed E-state index contributed by atoms with van der Waals surface area (Å²) in [7, 11) is 0. The predicted molar refractivity (Wildman–Crippen MR) is 101 cm³/mol. The molecule has 1 aliphatic carbocycles. The zero-order valence-corrected chi connectivity index (χ0v) is 15.7. The Morgan fingerprint density at radius 3 is 2.36 bits per heavy atom. The molecule has 1 aliphatic rings. The summed E-state index contributed by atoms with van der Waals surface area (Å²) in [6.45, 7) is 7.00. The molecule has 0 aromatic heterocycles. The molecule has 0 amide bonds. The minimum absolute atomic E-state index is 0.401. The fourth-order valence-electron chi connectivity index (χ4n) is 3.04. The quantitative estimate of drug-likeness (QED) is 0.645. The molecule has 0 aliphatic heterocycles. The van der Waals surface area contributed by atoms with Crippen LogP contribution in [0.3, 0.4) is 0 Å². The third kappa shape index (κ3) is 5.00. The first kappa shape index (κ1) is 17.8. The van der Waals surface area contributed by atoms with Crippen molar-refractivity contribution in [1.29, 1.82) is 0 Å². The molecular weight excluding hydrogens is 335 g/mol. The van der Waals surface area contributed by atoms with Gasteiger partial charge in [-0.2, -0.15) is 0 Å². The minimum Gasteiger partial charge on any atom is -0.360 e. The molecule has 0 spiro atoms. The summed E-state index contributed by atoms with van der Waals surface area (Å²) in [4.78, 5) is 0. The maximum Gasteiger partial charge on any atom is 0.171 e. The Kier molecular flexibility index (Phi) is 5.98. The summed E-state index contributed by atoms with van der Waals surface area (Å²) < 4.78 is 0. The van der Waals surface area contributed by atoms with E-state index < -0.39 is 0 Å². The Labute approximate surface area is 149 Å². The van der Waals surface area contributed by atoms with Gasteiger partial charge in [0.25, 0.3) is 0 Å². The monoisotopic (exact) mass is 358 g/mol. The van der Waals surface area contributed by atoms with E-state index in [1.54, 1.807) is 18.2 Å². The average Bonchev–Trinajstić information content (AvgIpc) is 2.42. The maximum absolute atomic E-state index is 6.14. The molecular formula is C17H24Cl2N2S. The first-order valence-corrected chi connectivity index (χ1v) is 8.94. The first-order valence-electron chi connectivity index (χ1n) is 7.78. The maximum atomic E-state index is 6.14. The van der Waals surface area contributed by atoms with Gasteiger partial charge in [-0.15, -0.1) is 0 Å². The molecule has 122 valence electrons. The van der Waals surface area contributed by atoms with Crippen molar-refractivity contribution in [1.82, 2.24) is 5.32 Å². The third-order valence-electron chi connectivity index (χ3n) is 4.46. The van der Waals surface area contributed by atoms with Crippen LogP contribution in [0, 0.1) is 11.3 Å². The lowest BCUT2D eigenvalue weighted by Crippen LogP contribution is -2.41. The zero-order chi connectivity index (χ0) is 16.3. The SMILES string of the molecule is CC(C)(C)C1CCC(NC(=S)Nc2cc(Cl)ccc2Cl)CC1. The molecule has 0 radical (unpaired) electrons. The Hall–Kier alpha value is -0.510. The second-order valence-corrected chi connectivity index (χ2v) is 8.39. The van der Waals surface area contributed by atoms with E-state index in [1.807, 2.05) is 0 Å². The van der Waals surface area contributed by atoms with Gasteiger partial charge in [0, 0.05) is 11.1 Å². The molecule has 5 heteroatoms. The van der Waals surface area contributed by atoms with E-state index in [-0.39, 0.29) is 0 Å². The number of hydrogen-bond donors (Lipinski definition) is 2. The van der Waals surface area contributed by atoms with Gasteiger partial charge in [0.1, 0.15) is 0 Å². The average molecular weight is 359 g/mol. The molecule has 0 atom stereocenters. The second kappa shape index (κ2) is 7.37. The minimum atomic E-state index is 0.401. The number of nitrogens with one attached hydrogen (secondary N) is 2. The van der Waals surface area contributed by atoms with Crippen LogP contribution >= 0.6 is 35.4 Å². The molecule has 2 rings (SSSR count). The number of halogens is 2. The van der Waals surface area contributed by atoms with E-state index >= 15 is 0 Å². The smallest absolute Gasteiger partial charge is 0.171 e. The summed E-state index contributed by atoms with van der Waals surface area (Å²) in [6, 6.07) is 5.76. The zero-order valence-electron chi connectivity index (χ0n) is 13.4. The number of hydrogen-bond acceptors (Lipinski definition) is 1. The molecule has 2 nitrogen and oxygen atoms in total. The molecule has 2 N–H and O–H groups in total. The summed E-state index contributed by atoms with van der Waals surface area (Å²) in [6.07, 6.45) is 4.82. The molecule has 1 fully saturated rings. The Bertz CT molecular complexity index is 532. The van der Waals surface area contributed by atoms with Crippen LogP contribution in [0.1, 0.15) is 46.5 Å². The first-order chi connectivity index (χ1) is 10.3. The van der Waals surface area contributed by atoms with Crippen LogP contribution in [-0.4, -0.2) is 11.2 Å². The fourth-order valence-corrected chi connectivity index (χ4v) is 3.65. The van der Waals surface area contributed by atoms with Crippen LogP contribution in [0.25, 0.3) is 0 Å². The molecule has 1 saturated carbocycles. The van der Waals surface area contributed by atoms with Crippen molar-refractivity contribution in [2.45, 2.75) is 52.5 Å². The van der Waals surface area contributed by atoms with Gasteiger partial charge in [0.15, 0.2) is 5.11 Å². The number of anilines is 1. The van der Waals surface area contributed by atoms with E-state index in [4.69, 9.17) is 35.4 Å². The summed E-state index contributed by atoms with van der Waals surface area (Å²) >= 11 is 17.5. The summed E-state index contributed by atoms with van der Waals surface area (Å²) in [5.41, 5.74) is 1.15. The molecule has 1 aromatic rings. The lowest BCUT2D eigenvalue weighted by atomic mass is 9.71. The van der Waals surface area contributed by atoms with E-state index in [9.17, 15) is 0 Å². The van der Waals surface area contributed by atoms with Gasteiger partial charge in [-0.05, 0) is 67.4 Å². The fraction of sp³-hybridized carbons (Fsp3) is 0.588. The topological polar surface area (TPSA) is 24.1 Å². The van der Waals surface area contributed by atoms with Crippen molar-refractivity contribution in [3.8, 4) is 0 Å². The highest BCUT2D eigenvalue weighted by molar-refractivity contribution is 7.80. The van der Waals surface area contributed by atoms with Gasteiger partial charge >= 0.3 is 0 Å². The van der Waals surface area contributed by atoms with Crippen molar-refractivity contribution in [2.24, 2.45) is 11.3 Å². The van der Waals surface area contributed by atoms with Crippen molar-refractivity contribution >= 4 is 46.2 Å². The highest BCUT2D eigenvalue weighted by atomic mass is 35.5. The van der Waals surface area contributed by atoms with Crippen molar-refractivity contribution in [3.05, 3.63) is 28.2 Å². The largest absolute Gasteiger partial charge is 0.360 e. The lowest BCUT2D eigenvalue weighted by Gasteiger charge is -2.37. The molecule has 0 heterocycles. The van der Waals surface area contributed by atoms with Crippen LogP contribution in [0.4, 0.5) is 5.69 Å². The van der Waals surface area contributed by atoms with E-state index in [0.29, 0.717) is 26.6 Å². The second-order valence-electron chi connectivity index (χ2n) is 7.14. The van der Waals surface area contributed by atoms with E-state index in [0.717, 1.165) is 24.4 Å². The van der Waals surface area contributed by atoms with Crippen molar-refractivity contribution in [3.63, 3.8) is 0 Å². The summed E-state index contributed by atoms with van der Waals surface area (Å²) in [5.74, 6) is 0.800. The molecule has 0 bridgehead atoms. The highest BCUT2D eigenvalue weighted by Gasteiger charge is 2.29. The number of thiocarbonyl (C=S) groups is 1. The van der Waals surface area contributed by atoms with E-state index in [2.05, 4.69) is 31.4 Å². The van der Waals surface area contributed by atoms with Crippen LogP contribution < -0.4 is 10.6 Å². The van der Waals surface area contributed by atoms with Crippen LogP contribution in [0.2, 0.25) is 10.0 Å². The van der Waals surface area contributed by atoms with Gasteiger partial charge in [0.05, 0.1) is 10.7 Å². The Balaban J connectivity index is 1.85. The molecule has 0 saturated heterocycles. The molecule has 1 aromatic carbocycles. The Morgan fingerprint density at radius 2 is 1.77 bits per heavy atom. The van der Waals surface area contributed by atoms with Crippen molar-refractivity contribution < 1.29 is 0 Å². The van der Waals surface area contributed by atoms with Gasteiger partial charge in [-0.25, -0.2) is 0 Å². The lowest BCUT2D eigenvalue weighted by molar-refractivity contribution is 0.166. The Morgan fingerprint density at radius 1 is 1.14 bits per heavy atom. The number of rotatable bonds is 2. The third-order valence-corrected chi connectivity index (χ3v) is 5.25. The standard InChI is InChI=1S/C17H24Cl2N2S/c1-17(2,3)11-4-7-13(8-5-11)20-16(22)21-15-10-12(18)6-9-14(15)19/h6,9-11,13H,4-5,7-8H2,1-3H3,(H2,20,21,22). The van der Waals surface area contributed by atoms with Gasteiger partial charge < -0.3 is 10.6 Å². The van der Waals surface area contributed by atoms with Crippen LogP contribution in [0.15, 0.2) is 18.2 Å². The van der Waals surface area contributed by atoms with Gasteiger partial charge in [-0.1, -0.05) is 44.0 Å². The van der Waals surface area contributed by atoms with Gasteiger partial charge in [-0.3, -0.25) is 0 Å². The normalized spacial score (nSPS) is 22.2.